The molecule has 0 bridgehead atoms. The van der Waals surface area contributed by atoms with Gasteiger partial charge in [0.05, 0.1) is 23.8 Å². The van der Waals surface area contributed by atoms with Crippen molar-refractivity contribution in [3.8, 4) is 6.07 Å². The minimum atomic E-state index is 0.259. The highest BCUT2D eigenvalue weighted by Gasteiger charge is 2.44. The van der Waals surface area contributed by atoms with Crippen molar-refractivity contribution in [2.24, 2.45) is 0 Å². The number of hydrogen-bond donors (Lipinski definition) is 0. The van der Waals surface area contributed by atoms with Gasteiger partial charge in [-0.25, -0.2) is 0 Å². The summed E-state index contributed by atoms with van der Waals surface area (Å²) in [4.78, 5) is 9.35. The first-order valence-electron chi connectivity index (χ1n) is 9.69. The fourth-order valence-electron chi connectivity index (χ4n) is 4.45. The van der Waals surface area contributed by atoms with Gasteiger partial charge in [0.15, 0.2) is 0 Å². The molecule has 140 valence electrons. The van der Waals surface area contributed by atoms with Crippen molar-refractivity contribution >= 4 is 0 Å². The van der Waals surface area contributed by atoms with Gasteiger partial charge in [0.1, 0.15) is 0 Å². The van der Waals surface area contributed by atoms with Gasteiger partial charge in [-0.05, 0) is 49.2 Å². The molecule has 1 aromatic carbocycles. The number of aromatic nitrogens is 1. The van der Waals surface area contributed by atoms with E-state index in [2.05, 4.69) is 33.0 Å². The van der Waals surface area contributed by atoms with Gasteiger partial charge in [0.2, 0.25) is 0 Å². The molecule has 2 aromatic rings. The van der Waals surface area contributed by atoms with Crippen molar-refractivity contribution in [1.82, 2.24) is 14.8 Å². The van der Waals surface area contributed by atoms with Crippen molar-refractivity contribution in [2.75, 3.05) is 26.7 Å². The van der Waals surface area contributed by atoms with E-state index in [9.17, 15) is 5.26 Å². The Labute approximate surface area is 161 Å². The lowest BCUT2D eigenvalue weighted by Crippen LogP contribution is -2.60. The summed E-state index contributed by atoms with van der Waals surface area (Å²) in [5.74, 6) is 0. The first-order chi connectivity index (χ1) is 13.3. The van der Waals surface area contributed by atoms with Gasteiger partial charge in [0.25, 0.3) is 0 Å². The summed E-state index contributed by atoms with van der Waals surface area (Å²) in [7, 11) is 1.81. The average Bonchev–Trinajstić information content (AvgIpc) is 2.70. The lowest BCUT2D eigenvalue weighted by atomic mass is 9.87. The maximum Gasteiger partial charge on any atom is 0.0995 e. The molecular formula is C22H26N4O. The second-order valence-electron chi connectivity index (χ2n) is 7.48. The Morgan fingerprint density at radius 1 is 1.19 bits per heavy atom. The van der Waals surface area contributed by atoms with Crippen LogP contribution in [0.5, 0.6) is 0 Å². The zero-order valence-corrected chi connectivity index (χ0v) is 15.8. The molecule has 1 aromatic heterocycles. The molecule has 0 unspecified atom stereocenters. The molecule has 5 nitrogen and oxygen atoms in total. The summed E-state index contributed by atoms with van der Waals surface area (Å²) >= 11 is 0. The lowest BCUT2D eigenvalue weighted by Gasteiger charge is -2.53. The van der Waals surface area contributed by atoms with E-state index in [4.69, 9.17) is 4.74 Å². The minimum Gasteiger partial charge on any atom is -0.378 e. The van der Waals surface area contributed by atoms with Crippen LogP contribution in [0.3, 0.4) is 0 Å². The third kappa shape index (κ3) is 3.74. The number of piperidine rings is 1. The summed E-state index contributed by atoms with van der Waals surface area (Å²) in [6, 6.07) is 15.3. The molecule has 0 saturated carbocycles. The highest BCUT2D eigenvalue weighted by atomic mass is 16.5. The van der Waals surface area contributed by atoms with Crippen molar-refractivity contribution in [2.45, 2.75) is 37.6 Å². The molecule has 0 N–H and O–H groups in total. The van der Waals surface area contributed by atoms with E-state index >= 15 is 0 Å². The van der Waals surface area contributed by atoms with Crippen LogP contribution in [0.25, 0.3) is 0 Å². The molecule has 0 aliphatic carbocycles. The second-order valence-corrected chi connectivity index (χ2v) is 7.48. The zero-order valence-electron chi connectivity index (χ0n) is 15.8. The van der Waals surface area contributed by atoms with Crippen LogP contribution in [-0.2, 0) is 11.3 Å². The predicted molar refractivity (Wildman–Crippen MR) is 104 cm³/mol. The monoisotopic (exact) mass is 362 g/mol. The van der Waals surface area contributed by atoms with Crippen molar-refractivity contribution in [1.29, 1.82) is 5.26 Å². The molecule has 0 amide bonds. The maximum atomic E-state index is 9.30. The van der Waals surface area contributed by atoms with Crippen LogP contribution in [0.4, 0.5) is 0 Å². The third-order valence-electron chi connectivity index (χ3n) is 5.99. The van der Waals surface area contributed by atoms with E-state index in [1.165, 1.54) is 5.56 Å². The average molecular weight is 362 g/mol. The minimum absolute atomic E-state index is 0.259. The fourth-order valence-corrected chi connectivity index (χ4v) is 4.45. The predicted octanol–water partition coefficient (Wildman–Crippen LogP) is 2.99. The van der Waals surface area contributed by atoms with Crippen molar-refractivity contribution in [3.63, 3.8) is 0 Å². The number of rotatable bonds is 5. The van der Waals surface area contributed by atoms with Crippen molar-refractivity contribution in [3.05, 3.63) is 65.5 Å². The van der Waals surface area contributed by atoms with Crippen LogP contribution in [0.2, 0.25) is 0 Å². The van der Waals surface area contributed by atoms with Crippen LogP contribution in [0.15, 0.2) is 48.8 Å². The van der Waals surface area contributed by atoms with Crippen LogP contribution in [0.1, 0.15) is 35.6 Å². The highest BCUT2D eigenvalue weighted by molar-refractivity contribution is 5.37. The summed E-state index contributed by atoms with van der Waals surface area (Å²) < 4.78 is 5.69. The van der Waals surface area contributed by atoms with Gasteiger partial charge >= 0.3 is 0 Å². The van der Waals surface area contributed by atoms with E-state index in [-0.39, 0.29) is 6.10 Å². The van der Waals surface area contributed by atoms with Crippen LogP contribution in [0, 0.1) is 11.3 Å². The van der Waals surface area contributed by atoms with Gasteiger partial charge in [-0.1, -0.05) is 24.3 Å². The number of ether oxygens (including phenoxy) is 1. The smallest absolute Gasteiger partial charge is 0.0995 e. The van der Waals surface area contributed by atoms with E-state index in [0.717, 1.165) is 50.1 Å². The molecular weight excluding hydrogens is 336 g/mol. The van der Waals surface area contributed by atoms with E-state index in [0.29, 0.717) is 12.1 Å². The SMILES string of the molecule is CO[C@H]1CN(C2CCN(Cc3ccccc3C#N)CC2)[C@H]1c1cccnc1. The molecule has 2 aliphatic rings. The Hall–Kier alpha value is -2.26. The molecule has 0 radical (unpaired) electrons. The molecule has 0 spiro atoms. The second kappa shape index (κ2) is 8.18. The van der Waals surface area contributed by atoms with E-state index < -0.39 is 0 Å². The van der Waals surface area contributed by atoms with Gasteiger partial charge in [0, 0.05) is 38.6 Å². The quantitative estimate of drug-likeness (QED) is 0.818. The number of methoxy groups -OCH3 is 1. The number of hydrogen-bond acceptors (Lipinski definition) is 5. The number of pyridine rings is 1. The molecule has 3 heterocycles. The number of nitriles is 1. The van der Waals surface area contributed by atoms with Crippen LogP contribution in [-0.4, -0.2) is 53.7 Å². The van der Waals surface area contributed by atoms with Crippen molar-refractivity contribution < 1.29 is 4.74 Å². The summed E-state index contributed by atoms with van der Waals surface area (Å²) in [5, 5.41) is 9.30. The highest BCUT2D eigenvalue weighted by Crippen LogP contribution is 2.39. The Balaban J connectivity index is 1.37. The van der Waals surface area contributed by atoms with Gasteiger partial charge in [-0.2, -0.15) is 5.26 Å². The Morgan fingerprint density at radius 2 is 2.00 bits per heavy atom. The molecule has 2 aliphatic heterocycles. The first-order valence-corrected chi connectivity index (χ1v) is 9.69. The summed E-state index contributed by atoms with van der Waals surface area (Å²) in [6.45, 7) is 4.00. The number of nitrogens with zero attached hydrogens (tertiary/aromatic N) is 4. The maximum absolute atomic E-state index is 9.30. The largest absolute Gasteiger partial charge is 0.378 e. The van der Waals surface area contributed by atoms with Gasteiger partial charge < -0.3 is 4.74 Å². The third-order valence-corrected chi connectivity index (χ3v) is 5.99. The van der Waals surface area contributed by atoms with Gasteiger partial charge in [-0.15, -0.1) is 0 Å². The number of likely N-dealkylation sites (tertiary alicyclic amines) is 2. The number of benzene rings is 1. The molecule has 5 heteroatoms. The summed E-state index contributed by atoms with van der Waals surface area (Å²) in [5.41, 5.74) is 3.18. The Bertz CT molecular complexity index is 795. The molecule has 2 fully saturated rings. The lowest BCUT2D eigenvalue weighted by molar-refractivity contribution is -0.117. The fraction of sp³-hybridized carbons (Fsp3) is 0.455. The molecule has 27 heavy (non-hydrogen) atoms. The summed E-state index contributed by atoms with van der Waals surface area (Å²) in [6.07, 6.45) is 6.36. The zero-order chi connectivity index (χ0) is 18.6. The normalized spacial score (nSPS) is 24.3. The standard InChI is InChI=1S/C22H26N4O/c1-27-21-16-26(22(21)18-7-4-10-24-14-18)20-8-11-25(12-9-20)15-19-6-3-2-5-17(19)13-23/h2-7,10,14,20-22H,8-9,11-12,15-16H2,1H3/t21-,22-/m0/s1. The molecule has 2 saturated heterocycles. The Morgan fingerprint density at radius 3 is 2.70 bits per heavy atom. The topological polar surface area (TPSA) is 52.4 Å². The van der Waals surface area contributed by atoms with Crippen LogP contribution < -0.4 is 0 Å². The first kappa shape index (κ1) is 18.1. The van der Waals surface area contributed by atoms with Gasteiger partial charge in [-0.3, -0.25) is 14.8 Å². The molecule has 4 rings (SSSR count). The van der Waals surface area contributed by atoms with E-state index in [1.54, 1.807) is 7.11 Å². The Kier molecular flexibility index (Phi) is 5.49. The molecule has 2 atom stereocenters. The van der Waals surface area contributed by atoms with E-state index in [1.807, 2.05) is 36.7 Å². The van der Waals surface area contributed by atoms with Crippen LogP contribution >= 0.6 is 0 Å².